The van der Waals surface area contributed by atoms with Crippen molar-refractivity contribution in [3.05, 3.63) is 45.7 Å². The van der Waals surface area contributed by atoms with Crippen molar-refractivity contribution in [2.75, 3.05) is 11.4 Å². The molecule has 2 fully saturated rings. The molecule has 3 aliphatic rings. The molecular formula is C22H19FN4O4S. The Morgan fingerprint density at radius 2 is 1.97 bits per heavy atom. The molecule has 0 saturated carbocycles. The zero-order valence-electron chi connectivity index (χ0n) is 17.3. The molecule has 3 atom stereocenters. The number of aromatic nitrogens is 1. The van der Waals surface area contributed by atoms with Crippen LogP contribution in [0.25, 0.3) is 0 Å². The van der Waals surface area contributed by atoms with Gasteiger partial charge >= 0.3 is 6.03 Å². The van der Waals surface area contributed by atoms with E-state index in [4.69, 9.17) is 4.74 Å². The topological polar surface area (TPSA) is 101 Å². The number of nitrogens with one attached hydrogen (secondary N) is 2. The van der Waals surface area contributed by atoms with E-state index in [2.05, 4.69) is 27.5 Å². The summed E-state index contributed by atoms with van der Waals surface area (Å²) in [4.78, 5) is 44.5. The van der Waals surface area contributed by atoms with Crippen LogP contribution >= 0.6 is 11.3 Å². The highest BCUT2D eigenvalue weighted by Gasteiger charge is 2.63. The maximum atomic E-state index is 15.4. The molecule has 1 aromatic heterocycles. The van der Waals surface area contributed by atoms with E-state index in [9.17, 15) is 14.4 Å². The number of hydrogen-bond donors (Lipinski definition) is 2. The van der Waals surface area contributed by atoms with Gasteiger partial charge in [0.2, 0.25) is 11.8 Å². The number of hydrogen-bond acceptors (Lipinski definition) is 7. The van der Waals surface area contributed by atoms with E-state index in [1.165, 1.54) is 17.4 Å². The van der Waals surface area contributed by atoms with Crippen molar-refractivity contribution in [2.24, 2.45) is 5.41 Å². The molecule has 2 saturated heterocycles. The fourth-order valence-corrected chi connectivity index (χ4v) is 5.49. The first-order valence-corrected chi connectivity index (χ1v) is 11.0. The third kappa shape index (κ3) is 3.08. The van der Waals surface area contributed by atoms with Crippen molar-refractivity contribution in [3.63, 3.8) is 0 Å². The minimum absolute atomic E-state index is 0.0798. The second-order valence-corrected chi connectivity index (χ2v) is 9.10. The summed E-state index contributed by atoms with van der Waals surface area (Å²) < 4.78 is 21.3. The lowest BCUT2D eigenvalue weighted by Crippen LogP contribution is -2.75. The van der Waals surface area contributed by atoms with Gasteiger partial charge in [-0.3, -0.25) is 25.2 Å². The summed E-state index contributed by atoms with van der Waals surface area (Å²) in [5, 5.41) is 4.44. The molecule has 2 aromatic rings. The predicted molar refractivity (Wildman–Crippen MR) is 113 cm³/mol. The number of halogens is 1. The molecule has 0 radical (unpaired) electrons. The summed E-state index contributed by atoms with van der Waals surface area (Å²) in [5.74, 6) is 3.97. The fraction of sp³-hybridized carbons (Fsp3) is 0.364. The zero-order chi connectivity index (χ0) is 22.6. The lowest BCUT2D eigenvalue weighted by Gasteiger charge is -2.55. The first-order valence-electron chi connectivity index (χ1n) is 10.1. The van der Waals surface area contributed by atoms with E-state index in [1.807, 2.05) is 6.92 Å². The number of benzene rings is 1. The van der Waals surface area contributed by atoms with Crippen LogP contribution in [0.4, 0.5) is 14.9 Å². The fourth-order valence-electron chi connectivity index (χ4n) is 5.02. The second-order valence-electron chi connectivity index (χ2n) is 8.22. The van der Waals surface area contributed by atoms with Crippen molar-refractivity contribution < 1.29 is 23.5 Å². The van der Waals surface area contributed by atoms with Crippen LogP contribution in [0.5, 0.6) is 0 Å². The molecule has 0 unspecified atom stereocenters. The van der Waals surface area contributed by atoms with Crippen LogP contribution in [-0.4, -0.2) is 47.6 Å². The van der Waals surface area contributed by atoms with E-state index in [1.54, 1.807) is 29.6 Å². The highest BCUT2D eigenvalue weighted by molar-refractivity contribution is 7.10. The van der Waals surface area contributed by atoms with E-state index < -0.39 is 41.2 Å². The zero-order valence-corrected chi connectivity index (χ0v) is 18.1. The summed E-state index contributed by atoms with van der Waals surface area (Å²) >= 11 is 1.37. The highest BCUT2D eigenvalue weighted by atomic mass is 32.1. The maximum absolute atomic E-state index is 15.4. The maximum Gasteiger partial charge on any atom is 0.328 e. The normalized spacial score (nSPS) is 25.9. The summed E-state index contributed by atoms with van der Waals surface area (Å²) in [5.41, 5.74) is 1.25. The molecule has 10 heteroatoms. The molecule has 2 N–H and O–H groups in total. The number of thiazole rings is 1. The molecule has 8 nitrogen and oxygen atoms in total. The lowest BCUT2D eigenvalue weighted by molar-refractivity contribution is -0.153. The molecule has 32 heavy (non-hydrogen) atoms. The number of anilines is 1. The largest absolute Gasteiger partial charge is 0.372 e. The number of fused-ring (bicyclic) bond motifs is 4. The van der Waals surface area contributed by atoms with Gasteiger partial charge in [0.05, 0.1) is 40.5 Å². The van der Waals surface area contributed by atoms with Crippen molar-refractivity contribution in [2.45, 2.75) is 38.5 Å². The van der Waals surface area contributed by atoms with Gasteiger partial charge < -0.3 is 9.64 Å². The van der Waals surface area contributed by atoms with Crippen LogP contribution < -0.4 is 15.5 Å². The molecule has 0 aliphatic carbocycles. The van der Waals surface area contributed by atoms with Gasteiger partial charge in [0, 0.05) is 18.5 Å². The molecule has 0 bridgehead atoms. The number of carbonyl (C=O) groups is 3. The molecule has 5 rings (SSSR count). The summed E-state index contributed by atoms with van der Waals surface area (Å²) in [6.45, 7) is 3.90. The Morgan fingerprint density at radius 1 is 1.22 bits per heavy atom. The van der Waals surface area contributed by atoms with Crippen LogP contribution in [0.1, 0.15) is 29.9 Å². The first kappa shape index (κ1) is 20.6. The first-order chi connectivity index (χ1) is 15.3. The number of rotatable bonds is 0. The standard InChI is InChI=1S/C22H19FN4O4S/c1-11-9-27-17-14(5-13(6-16(17)23)3-4-15-8-24-10-32-15)7-22(18(27)12(2)31-11)19(28)25-21(30)26-20(22)29/h5-6,8,10-12,18H,7,9H2,1-2H3,(H2,25,26,28,29,30)/t11-,12+,18-/m1/s1. The Bertz CT molecular complexity index is 1180. The number of morpholine rings is 1. The second kappa shape index (κ2) is 7.39. The van der Waals surface area contributed by atoms with Crippen molar-refractivity contribution in [1.82, 2.24) is 15.6 Å². The number of urea groups is 1. The Hall–Kier alpha value is -3.29. The van der Waals surface area contributed by atoms with Gasteiger partial charge in [-0.05, 0) is 37.5 Å². The van der Waals surface area contributed by atoms with Gasteiger partial charge in [-0.25, -0.2) is 9.18 Å². The summed E-state index contributed by atoms with van der Waals surface area (Å²) in [7, 11) is 0. The van der Waals surface area contributed by atoms with E-state index in [0.717, 1.165) is 4.88 Å². The number of nitrogens with zero attached hydrogens (tertiary/aromatic N) is 2. The van der Waals surface area contributed by atoms with E-state index in [-0.39, 0.29) is 12.5 Å². The summed E-state index contributed by atoms with van der Waals surface area (Å²) in [6.07, 6.45) is 0.743. The van der Waals surface area contributed by atoms with Crippen molar-refractivity contribution in [3.8, 4) is 11.8 Å². The van der Waals surface area contributed by atoms with Crippen LogP contribution in [0.2, 0.25) is 0 Å². The number of ether oxygens (including phenoxy) is 1. The molecule has 4 heterocycles. The Morgan fingerprint density at radius 3 is 2.66 bits per heavy atom. The van der Waals surface area contributed by atoms with Gasteiger partial charge in [-0.1, -0.05) is 5.92 Å². The molecular weight excluding hydrogens is 435 g/mol. The lowest BCUT2D eigenvalue weighted by atomic mass is 9.66. The number of carbonyl (C=O) groups excluding carboxylic acids is 3. The van der Waals surface area contributed by atoms with Gasteiger partial charge in [-0.15, -0.1) is 11.3 Å². The third-order valence-corrected chi connectivity index (χ3v) is 6.80. The minimum atomic E-state index is -1.64. The summed E-state index contributed by atoms with van der Waals surface area (Å²) in [6, 6.07) is 1.42. The third-order valence-electron chi connectivity index (χ3n) is 6.11. The van der Waals surface area contributed by atoms with Crippen LogP contribution in [0, 0.1) is 23.1 Å². The van der Waals surface area contributed by atoms with Crippen LogP contribution in [0.3, 0.4) is 0 Å². The van der Waals surface area contributed by atoms with Gasteiger partial charge in [0.15, 0.2) is 5.41 Å². The van der Waals surface area contributed by atoms with Crippen molar-refractivity contribution in [1.29, 1.82) is 0 Å². The molecule has 1 spiro atoms. The van der Waals surface area contributed by atoms with Crippen molar-refractivity contribution >= 4 is 34.9 Å². The van der Waals surface area contributed by atoms with Crippen LogP contribution in [-0.2, 0) is 20.7 Å². The Balaban J connectivity index is 1.67. The monoisotopic (exact) mass is 454 g/mol. The molecule has 164 valence electrons. The minimum Gasteiger partial charge on any atom is -0.372 e. The van der Waals surface area contributed by atoms with Gasteiger partial charge in [-0.2, -0.15) is 0 Å². The average Bonchev–Trinajstić information content (AvgIpc) is 3.23. The van der Waals surface area contributed by atoms with E-state index in [0.29, 0.717) is 23.4 Å². The van der Waals surface area contributed by atoms with E-state index >= 15 is 4.39 Å². The smallest absolute Gasteiger partial charge is 0.328 e. The molecule has 1 aromatic carbocycles. The highest BCUT2D eigenvalue weighted by Crippen LogP contribution is 2.47. The SMILES string of the molecule is C[C@@H]1CN2c3c(F)cc(C#Cc4cncs4)cc3CC3(C(=O)NC(=O)NC3=O)[C@H]2[C@H](C)O1. The quantitative estimate of drug-likeness (QED) is 0.463. The number of amides is 4. The number of barbiturate groups is 1. The average molecular weight is 454 g/mol. The Kier molecular flexibility index (Phi) is 4.76. The van der Waals surface area contributed by atoms with Crippen LogP contribution in [0.15, 0.2) is 23.8 Å². The molecule has 3 aliphatic heterocycles. The Labute approximate surface area is 187 Å². The van der Waals surface area contributed by atoms with Gasteiger partial charge in [0.1, 0.15) is 5.82 Å². The molecule has 4 amide bonds. The predicted octanol–water partition coefficient (Wildman–Crippen LogP) is 1.57. The number of imide groups is 2. The van der Waals surface area contributed by atoms with Gasteiger partial charge in [0.25, 0.3) is 0 Å².